The highest BCUT2D eigenvalue weighted by atomic mass is 16.5. The number of hydrogen-bond acceptors (Lipinski definition) is 1. The van der Waals surface area contributed by atoms with Crippen molar-refractivity contribution in [1.82, 2.24) is 0 Å². The van der Waals surface area contributed by atoms with Crippen molar-refractivity contribution in [2.45, 2.75) is 46.6 Å². The van der Waals surface area contributed by atoms with Crippen LogP contribution in [0.15, 0.2) is 11.8 Å². The zero-order valence-corrected chi connectivity index (χ0v) is 8.19. The molecule has 64 valence electrons. The van der Waals surface area contributed by atoms with E-state index in [1.165, 1.54) is 0 Å². The predicted molar refractivity (Wildman–Crippen MR) is 47.3 cm³/mol. The smallest absolute Gasteiger partial charge is 0.104 e. The minimum atomic E-state index is 0.0162. The average Bonchev–Trinajstić information content (AvgIpc) is 1.49. The van der Waals surface area contributed by atoms with Crippen molar-refractivity contribution in [2.24, 2.45) is 5.41 Å². The van der Waals surface area contributed by atoms with Crippen LogP contribution in [-0.4, -0.2) is 5.60 Å². The molecule has 0 unspecified atom stereocenters. The van der Waals surface area contributed by atoms with Crippen LogP contribution in [0.5, 0.6) is 0 Å². The minimum Gasteiger partial charge on any atom is -0.493 e. The summed E-state index contributed by atoms with van der Waals surface area (Å²) in [6.45, 7) is 10.8. The van der Waals surface area contributed by atoms with Gasteiger partial charge in [-0.3, -0.25) is 0 Å². The molecular formula is C10H18O. The van der Waals surface area contributed by atoms with Crippen LogP contribution in [-0.2, 0) is 4.74 Å². The molecule has 0 aliphatic carbocycles. The molecule has 11 heavy (non-hydrogen) atoms. The summed E-state index contributed by atoms with van der Waals surface area (Å²) in [5.41, 5.74) is 0.314. The Balaban J connectivity index is 2.86. The standard InChI is InChI=1S/C10H18O/c1-8-6-9(2,3)7-10(4,5)11-8/h6H,7H2,1-5H3. The molecule has 1 heteroatoms. The number of ether oxygens (including phenoxy) is 1. The van der Waals surface area contributed by atoms with Gasteiger partial charge in [-0.15, -0.1) is 0 Å². The fourth-order valence-corrected chi connectivity index (χ4v) is 2.20. The van der Waals surface area contributed by atoms with E-state index in [0.717, 1.165) is 12.2 Å². The molecule has 1 rings (SSSR count). The highest BCUT2D eigenvalue weighted by molar-refractivity contribution is 5.06. The molecule has 1 heterocycles. The third-order valence-corrected chi connectivity index (χ3v) is 1.91. The van der Waals surface area contributed by atoms with E-state index in [-0.39, 0.29) is 5.60 Å². The largest absolute Gasteiger partial charge is 0.493 e. The zero-order valence-electron chi connectivity index (χ0n) is 8.19. The summed E-state index contributed by atoms with van der Waals surface area (Å²) in [5.74, 6) is 1.06. The second-order valence-corrected chi connectivity index (χ2v) is 4.78. The monoisotopic (exact) mass is 154 g/mol. The van der Waals surface area contributed by atoms with Crippen molar-refractivity contribution in [3.05, 3.63) is 11.8 Å². The molecule has 1 nitrogen and oxygen atoms in total. The molecule has 0 amide bonds. The summed E-state index contributed by atoms with van der Waals surface area (Å²) in [4.78, 5) is 0. The molecule has 0 spiro atoms. The maximum atomic E-state index is 5.67. The molecule has 0 aromatic heterocycles. The van der Waals surface area contributed by atoms with E-state index in [2.05, 4.69) is 33.8 Å². The van der Waals surface area contributed by atoms with Gasteiger partial charge in [-0.1, -0.05) is 13.8 Å². The Bertz CT molecular complexity index is 187. The highest BCUT2D eigenvalue weighted by Crippen LogP contribution is 2.38. The van der Waals surface area contributed by atoms with Gasteiger partial charge in [-0.2, -0.15) is 0 Å². The molecule has 0 atom stereocenters. The maximum absolute atomic E-state index is 5.67. The lowest BCUT2D eigenvalue weighted by molar-refractivity contribution is -0.0129. The van der Waals surface area contributed by atoms with Crippen LogP contribution in [0.3, 0.4) is 0 Å². The molecule has 0 saturated heterocycles. The molecule has 1 aliphatic rings. The van der Waals surface area contributed by atoms with Crippen molar-refractivity contribution in [3.63, 3.8) is 0 Å². The number of rotatable bonds is 0. The van der Waals surface area contributed by atoms with Crippen LogP contribution in [0.2, 0.25) is 0 Å². The SMILES string of the molecule is CC1=CC(C)(C)CC(C)(C)O1. The van der Waals surface area contributed by atoms with Crippen LogP contribution in [0.4, 0.5) is 0 Å². The van der Waals surface area contributed by atoms with Crippen LogP contribution < -0.4 is 0 Å². The normalized spacial score (nSPS) is 27.2. The number of allylic oxidation sites excluding steroid dienone is 2. The Kier molecular flexibility index (Phi) is 1.78. The summed E-state index contributed by atoms with van der Waals surface area (Å²) in [6, 6.07) is 0. The first-order valence-corrected chi connectivity index (χ1v) is 4.19. The lowest BCUT2D eigenvalue weighted by Gasteiger charge is -2.39. The van der Waals surface area contributed by atoms with Crippen molar-refractivity contribution >= 4 is 0 Å². The Labute approximate surface area is 69.4 Å². The van der Waals surface area contributed by atoms with Gasteiger partial charge in [0.05, 0.1) is 5.76 Å². The van der Waals surface area contributed by atoms with Gasteiger partial charge < -0.3 is 4.74 Å². The first kappa shape index (κ1) is 8.63. The van der Waals surface area contributed by atoms with Gasteiger partial charge in [-0.05, 0) is 38.7 Å². The molecule has 0 saturated carbocycles. The van der Waals surface area contributed by atoms with Gasteiger partial charge in [0.2, 0.25) is 0 Å². The van der Waals surface area contributed by atoms with Gasteiger partial charge in [0.25, 0.3) is 0 Å². The zero-order chi connectivity index (χ0) is 8.70. The summed E-state index contributed by atoms with van der Waals surface area (Å²) in [5, 5.41) is 0. The van der Waals surface area contributed by atoms with Crippen molar-refractivity contribution in [1.29, 1.82) is 0 Å². The van der Waals surface area contributed by atoms with Crippen LogP contribution in [0, 0.1) is 5.41 Å². The average molecular weight is 154 g/mol. The Morgan fingerprint density at radius 3 is 2.18 bits per heavy atom. The van der Waals surface area contributed by atoms with Gasteiger partial charge in [0.1, 0.15) is 5.60 Å². The fourth-order valence-electron chi connectivity index (χ4n) is 2.20. The summed E-state index contributed by atoms with van der Waals surface area (Å²) < 4.78 is 5.67. The van der Waals surface area contributed by atoms with Crippen LogP contribution >= 0.6 is 0 Å². The van der Waals surface area contributed by atoms with Gasteiger partial charge in [-0.25, -0.2) is 0 Å². The third kappa shape index (κ3) is 2.25. The van der Waals surface area contributed by atoms with Gasteiger partial charge in [0, 0.05) is 0 Å². The summed E-state index contributed by atoms with van der Waals surface area (Å²) in [6.07, 6.45) is 3.30. The molecule has 0 N–H and O–H groups in total. The summed E-state index contributed by atoms with van der Waals surface area (Å²) in [7, 11) is 0. The molecule has 0 aromatic rings. The first-order chi connectivity index (χ1) is 4.81. The minimum absolute atomic E-state index is 0.0162. The third-order valence-electron chi connectivity index (χ3n) is 1.91. The molecule has 0 bridgehead atoms. The maximum Gasteiger partial charge on any atom is 0.104 e. The fraction of sp³-hybridized carbons (Fsp3) is 0.800. The second kappa shape index (κ2) is 2.26. The molecule has 0 aromatic carbocycles. The number of hydrogen-bond donors (Lipinski definition) is 0. The van der Waals surface area contributed by atoms with E-state index >= 15 is 0 Å². The lowest BCUT2D eigenvalue weighted by atomic mass is 9.79. The van der Waals surface area contributed by atoms with Crippen molar-refractivity contribution in [3.8, 4) is 0 Å². The highest BCUT2D eigenvalue weighted by Gasteiger charge is 2.33. The van der Waals surface area contributed by atoms with Gasteiger partial charge >= 0.3 is 0 Å². The quantitative estimate of drug-likeness (QED) is 0.521. The van der Waals surface area contributed by atoms with E-state index in [4.69, 9.17) is 4.74 Å². The van der Waals surface area contributed by atoms with E-state index < -0.39 is 0 Å². The first-order valence-electron chi connectivity index (χ1n) is 4.19. The van der Waals surface area contributed by atoms with Crippen LogP contribution in [0.25, 0.3) is 0 Å². The van der Waals surface area contributed by atoms with E-state index in [0.29, 0.717) is 5.41 Å². The Morgan fingerprint density at radius 1 is 1.27 bits per heavy atom. The Hall–Kier alpha value is -0.460. The predicted octanol–water partition coefficient (Wildman–Crippen LogP) is 3.12. The lowest BCUT2D eigenvalue weighted by Crippen LogP contribution is -2.34. The Morgan fingerprint density at radius 2 is 1.82 bits per heavy atom. The molecule has 1 aliphatic heterocycles. The summed E-state index contributed by atoms with van der Waals surface area (Å²) >= 11 is 0. The molecular weight excluding hydrogens is 136 g/mol. The molecule has 0 fully saturated rings. The topological polar surface area (TPSA) is 9.23 Å². The van der Waals surface area contributed by atoms with Crippen LogP contribution in [0.1, 0.15) is 41.0 Å². The van der Waals surface area contributed by atoms with Gasteiger partial charge in [0.15, 0.2) is 0 Å². The van der Waals surface area contributed by atoms with Crippen molar-refractivity contribution in [2.75, 3.05) is 0 Å². The van der Waals surface area contributed by atoms with E-state index in [9.17, 15) is 0 Å². The molecule has 0 radical (unpaired) electrons. The van der Waals surface area contributed by atoms with E-state index in [1.807, 2.05) is 6.92 Å². The van der Waals surface area contributed by atoms with Crippen molar-refractivity contribution < 1.29 is 4.74 Å². The van der Waals surface area contributed by atoms with E-state index in [1.54, 1.807) is 0 Å². The second-order valence-electron chi connectivity index (χ2n) is 4.78.